The van der Waals surface area contributed by atoms with Crippen molar-refractivity contribution in [2.45, 2.75) is 5.88 Å². The predicted molar refractivity (Wildman–Crippen MR) is 70.2 cm³/mol. The summed E-state index contributed by atoms with van der Waals surface area (Å²) < 4.78 is 11.5. The summed E-state index contributed by atoms with van der Waals surface area (Å²) in [7, 11) is 1.61. The Morgan fingerprint density at radius 2 is 2.24 bits per heavy atom. The van der Waals surface area contributed by atoms with Crippen molar-refractivity contribution in [1.29, 1.82) is 0 Å². The Morgan fingerprint density at radius 3 is 2.82 bits per heavy atom. The van der Waals surface area contributed by atoms with Crippen LogP contribution in [0.25, 0.3) is 0 Å². The van der Waals surface area contributed by atoms with Crippen molar-refractivity contribution in [2.75, 3.05) is 7.11 Å². The molecule has 1 aromatic carbocycles. The van der Waals surface area contributed by atoms with E-state index >= 15 is 0 Å². The second-order valence-corrected chi connectivity index (χ2v) is 5.14. The second kappa shape index (κ2) is 5.66. The monoisotopic (exact) mass is 334 g/mol. The number of methoxy groups -OCH3 is 1. The first kappa shape index (κ1) is 12.6. The Kier molecular flexibility index (Phi) is 4.20. The molecular weight excluding hydrogens is 328 g/mol. The number of ether oxygens (including phenoxy) is 2. The van der Waals surface area contributed by atoms with E-state index in [9.17, 15) is 0 Å². The summed E-state index contributed by atoms with van der Waals surface area (Å²) in [5.74, 6) is 1.75. The summed E-state index contributed by atoms with van der Waals surface area (Å²) in [5.41, 5.74) is 0. The molecule has 0 fully saturated rings. The van der Waals surface area contributed by atoms with Crippen molar-refractivity contribution in [3.63, 3.8) is 0 Å². The molecule has 1 heterocycles. The summed E-state index contributed by atoms with van der Waals surface area (Å²) in [6.07, 6.45) is 0. The minimum Gasteiger partial charge on any atom is -0.497 e. The van der Waals surface area contributed by atoms with Crippen LogP contribution in [-0.4, -0.2) is 17.3 Å². The van der Waals surface area contributed by atoms with Crippen LogP contribution in [0.2, 0.25) is 0 Å². The second-order valence-electron chi connectivity index (χ2n) is 2.99. The van der Waals surface area contributed by atoms with Crippen LogP contribution in [0.3, 0.4) is 0 Å². The van der Waals surface area contributed by atoms with Gasteiger partial charge in [0.05, 0.1) is 17.5 Å². The molecular formula is C10H8BrClN2O2S. The minimum absolute atomic E-state index is 0.338. The van der Waals surface area contributed by atoms with Crippen LogP contribution in [0.1, 0.15) is 5.01 Å². The van der Waals surface area contributed by atoms with Crippen LogP contribution in [-0.2, 0) is 5.88 Å². The predicted octanol–water partition coefficient (Wildman–Crippen LogP) is 3.84. The fraction of sp³-hybridized carbons (Fsp3) is 0.200. The van der Waals surface area contributed by atoms with E-state index in [1.165, 1.54) is 11.3 Å². The van der Waals surface area contributed by atoms with Crippen LogP contribution in [0.15, 0.2) is 22.7 Å². The Labute approximate surface area is 116 Å². The van der Waals surface area contributed by atoms with E-state index in [2.05, 4.69) is 26.1 Å². The maximum atomic E-state index is 5.64. The van der Waals surface area contributed by atoms with Gasteiger partial charge in [-0.3, -0.25) is 0 Å². The summed E-state index contributed by atoms with van der Waals surface area (Å²) >= 11 is 10.4. The highest BCUT2D eigenvalue weighted by molar-refractivity contribution is 9.10. The van der Waals surface area contributed by atoms with E-state index in [4.69, 9.17) is 21.1 Å². The van der Waals surface area contributed by atoms with E-state index in [0.717, 1.165) is 15.2 Å². The van der Waals surface area contributed by atoms with Gasteiger partial charge < -0.3 is 9.47 Å². The number of aromatic nitrogens is 2. The molecule has 17 heavy (non-hydrogen) atoms. The quantitative estimate of drug-likeness (QED) is 0.796. The van der Waals surface area contributed by atoms with Crippen LogP contribution < -0.4 is 9.47 Å². The van der Waals surface area contributed by atoms with Crippen molar-refractivity contribution >= 4 is 38.9 Å². The van der Waals surface area contributed by atoms with Gasteiger partial charge in [0, 0.05) is 0 Å². The zero-order valence-corrected chi connectivity index (χ0v) is 12.0. The van der Waals surface area contributed by atoms with E-state index < -0.39 is 0 Å². The highest BCUT2D eigenvalue weighted by atomic mass is 79.9. The zero-order chi connectivity index (χ0) is 12.3. The molecule has 0 amide bonds. The van der Waals surface area contributed by atoms with Gasteiger partial charge in [0.25, 0.3) is 5.19 Å². The van der Waals surface area contributed by atoms with Crippen LogP contribution in [0.5, 0.6) is 16.7 Å². The lowest BCUT2D eigenvalue weighted by atomic mass is 10.3. The summed E-state index contributed by atoms with van der Waals surface area (Å²) in [6, 6.07) is 5.42. The molecule has 7 heteroatoms. The first-order valence-electron chi connectivity index (χ1n) is 4.62. The molecule has 2 rings (SSSR count). The number of alkyl halides is 1. The van der Waals surface area contributed by atoms with Crippen LogP contribution in [0, 0.1) is 0 Å². The molecule has 2 aromatic rings. The fourth-order valence-electron chi connectivity index (χ4n) is 1.12. The third-order valence-corrected chi connectivity index (χ3v) is 3.73. The molecule has 0 radical (unpaired) electrons. The van der Waals surface area contributed by atoms with Gasteiger partial charge in [-0.25, -0.2) is 0 Å². The molecule has 0 spiro atoms. The Morgan fingerprint density at radius 1 is 1.41 bits per heavy atom. The molecule has 0 saturated carbocycles. The lowest BCUT2D eigenvalue weighted by Crippen LogP contribution is -1.87. The van der Waals surface area contributed by atoms with E-state index in [-0.39, 0.29) is 0 Å². The first-order valence-corrected chi connectivity index (χ1v) is 6.77. The Bertz CT molecular complexity index is 521. The third-order valence-electron chi connectivity index (χ3n) is 1.90. The normalized spacial score (nSPS) is 10.3. The van der Waals surface area contributed by atoms with Gasteiger partial charge >= 0.3 is 0 Å². The maximum absolute atomic E-state index is 5.64. The van der Waals surface area contributed by atoms with E-state index in [1.807, 2.05) is 12.1 Å². The summed E-state index contributed by atoms with van der Waals surface area (Å²) in [5, 5.41) is 8.93. The molecule has 0 unspecified atom stereocenters. The molecule has 90 valence electrons. The van der Waals surface area contributed by atoms with Gasteiger partial charge in [-0.15, -0.1) is 16.7 Å². The van der Waals surface area contributed by atoms with Crippen molar-refractivity contribution in [3.8, 4) is 16.7 Å². The van der Waals surface area contributed by atoms with E-state index in [1.54, 1.807) is 13.2 Å². The van der Waals surface area contributed by atoms with Gasteiger partial charge in [0.2, 0.25) is 0 Å². The third kappa shape index (κ3) is 3.08. The minimum atomic E-state index is 0.338. The first-order chi connectivity index (χ1) is 8.22. The highest BCUT2D eigenvalue weighted by Crippen LogP contribution is 2.33. The number of rotatable bonds is 4. The Balaban J connectivity index is 2.18. The molecule has 0 aliphatic rings. The topological polar surface area (TPSA) is 44.2 Å². The number of benzene rings is 1. The molecule has 0 bridgehead atoms. The lowest BCUT2D eigenvalue weighted by Gasteiger charge is -2.05. The smallest absolute Gasteiger partial charge is 0.299 e. The van der Waals surface area contributed by atoms with Gasteiger partial charge in [0.1, 0.15) is 16.5 Å². The molecule has 0 N–H and O–H groups in total. The average Bonchev–Trinajstić information content (AvgIpc) is 2.79. The number of nitrogens with zero attached hydrogens (tertiary/aromatic N) is 2. The van der Waals surface area contributed by atoms with Crippen molar-refractivity contribution in [3.05, 3.63) is 27.7 Å². The molecule has 0 atom stereocenters. The standard InChI is InChI=1S/C10H8BrClN2O2S/c1-15-6-2-3-8(7(11)4-6)16-10-14-13-9(5-12)17-10/h2-4H,5H2,1H3. The molecule has 1 aromatic heterocycles. The lowest BCUT2D eigenvalue weighted by molar-refractivity contribution is 0.412. The zero-order valence-electron chi connectivity index (χ0n) is 8.81. The average molecular weight is 336 g/mol. The fourth-order valence-corrected chi connectivity index (χ4v) is 2.33. The van der Waals surface area contributed by atoms with Gasteiger partial charge in [-0.2, -0.15) is 0 Å². The number of hydrogen-bond acceptors (Lipinski definition) is 5. The number of halogens is 2. The summed E-state index contributed by atoms with van der Waals surface area (Å²) in [4.78, 5) is 0. The van der Waals surface area contributed by atoms with E-state index in [0.29, 0.717) is 16.8 Å². The van der Waals surface area contributed by atoms with Gasteiger partial charge in [0.15, 0.2) is 0 Å². The van der Waals surface area contributed by atoms with Crippen molar-refractivity contribution in [1.82, 2.24) is 10.2 Å². The Hall–Kier alpha value is -0.850. The number of hydrogen-bond donors (Lipinski definition) is 0. The van der Waals surface area contributed by atoms with Crippen molar-refractivity contribution < 1.29 is 9.47 Å². The van der Waals surface area contributed by atoms with Crippen LogP contribution >= 0.6 is 38.9 Å². The van der Waals surface area contributed by atoms with Gasteiger partial charge in [-0.1, -0.05) is 16.4 Å². The van der Waals surface area contributed by atoms with Crippen LogP contribution in [0.4, 0.5) is 0 Å². The maximum Gasteiger partial charge on any atom is 0.299 e. The summed E-state index contributed by atoms with van der Waals surface area (Å²) in [6.45, 7) is 0. The molecule has 0 aliphatic carbocycles. The van der Waals surface area contributed by atoms with Crippen molar-refractivity contribution in [2.24, 2.45) is 0 Å². The highest BCUT2D eigenvalue weighted by Gasteiger charge is 2.08. The molecule has 4 nitrogen and oxygen atoms in total. The molecule has 0 aliphatic heterocycles. The largest absolute Gasteiger partial charge is 0.497 e. The SMILES string of the molecule is COc1ccc(Oc2nnc(CCl)s2)c(Br)c1. The van der Waals surface area contributed by atoms with Gasteiger partial charge in [-0.05, 0) is 34.1 Å². The molecule has 0 saturated heterocycles.